The molecule has 0 spiro atoms. The number of methoxy groups -OCH3 is 1. The van der Waals surface area contributed by atoms with E-state index >= 15 is 0 Å². The summed E-state index contributed by atoms with van der Waals surface area (Å²) in [7, 11) is -2.43. The van der Waals surface area contributed by atoms with Gasteiger partial charge in [-0.3, -0.25) is 4.79 Å². The van der Waals surface area contributed by atoms with E-state index in [1.54, 1.807) is 20.8 Å². The molecule has 0 radical (unpaired) electrons. The molecule has 0 bridgehead atoms. The lowest BCUT2D eigenvalue weighted by atomic mass is 10.1. The molecule has 0 saturated heterocycles. The average molecular weight is 394 g/mol. The second-order valence-electron chi connectivity index (χ2n) is 5.87. The van der Waals surface area contributed by atoms with Crippen LogP contribution in [0.15, 0.2) is 41.3 Å². The van der Waals surface area contributed by atoms with E-state index in [9.17, 15) is 17.6 Å². The highest BCUT2D eigenvalue weighted by atomic mass is 32.2. The minimum Gasteiger partial charge on any atom is -0.495 e. The zero-order valence-corrected chi connectivity index (χ0v) is 16.6. The van der Waals surface area contributed by atoms with Crippen molar-refractivity contribution >= 4 is 21.6 Å². The van der Waals surface area contributed by atoms with Crippen molar-refractivity contribution in [2.24, 2.45) is 0 Å². The first kappa shape index (κ1) is 20.9. The van der Waals surface area contributed by atoms with Gasteiger partial charge in [-0.15, -0.1) is 0 Å². The molecular weight excluding hydrogens is 371 g/mol. The molecule has 0 aliphatic carbocycles. The highest BCUT2D eigenvalue weighted by Gasteiger charge is 2.26. The van der Waals surface area contributed by atoms with E-state index in [0.717, 1.165) is 0 Å². The van der Waals surface area contributed by atoms with Crippen LogP contribution in [0.1, 0.15) is 29.8 Å². The van der Waals surface area contributed by atoms with E-state index in [0.29, 0.717) is 24.3 Å². The van der Waals surface area contributed by atoms with Crippen LogP contribution in [0.5, 0.6) is 5.75 Å². The Balaban J connectivity index is 2.43. The van der Waals surface area contributed by atoms with E-state index in [1.165, 1.54) is 47.8 Å². The number of sulfonamides is 1. The fraction of sp³-hybridized carbons (Fsp3) is 0.316. The van der Waals surface area contributed by atoms with Crippen molar-refractivity contribution in [2.75, 3.05) is 25.5 Å². The second-order valence-corrected chi connectivity index (χ2v) is 7.77. The number of carbonyl (C=O) groups is 1. The number of hydrogen-bond donors (Lipinski definition) is 1. The summed E-state index contributed by atoms with van der Waals surface area (Å²) in [6, 6.07) is 8.23. The maximum absolute atomic E-state index is 13.2. The Bertz CT molecular complexity index is 941. The molecule has 0 aliphatic rings. The minimum atomic E-state index is -3.81. The molecule has 2 aromatic rings. The number of aryl methyl sites for hydroxylation is 1. The standard InChI is InChI=1S/C19H23FN2O4S/c1-5-22(6-2)27(24,25)18-12-14(7-10-17(18)26-4)19(23)21-16-9-8-15(20)11-13(16)3/h7-12H,5-6H2,1-4H3,(H,21,23). The van der Waals surface area contributed by atoms with E-state index < -0.39 is 21.7 Å². The molecule has 1 amide bonds. The van der Waals surface area contributed by atoms with Crippen LogP contribution in [-0.2, 0) is 10.0 Å². The highest BCUT2D eigenvalue weighted by Crippen LogP contribution is 2.28. The van der Waals surface area contributed by atoms with E-state index in [2.05, 4.69) is 5.32 Å². The summed E-state index contributed by atoms with van der Waals surface area (Å²) in [4.78, 5) is 12.5. The first-order valence-corrected chi connectivity index (χ1v) is 9.94. The van der Waals surface area contributed by atoms with Gasteiger partial charge in [0, 0.05) is 24.3 Å². The van der Waals surface area contributed by atoms with Crippen molar-refractivity contribution in [1.29, 1.82) is 0 Å². The molecule has 0 aromatic heterocycles. The van der Waals surface area contributed by atoms with Gasteiger partial charge in [-0.25, -0.2) is 12.8 Å². The smallest absolute Gasteiger partial charge is 0.255 e. The molecule has 0 fully saturated rings. The Kier molecular flexibility index (Phi) is 6.56. The molecule has 2 aromatic carbocycles. The Morgan fingerprint density at radius 3 is 2.37 bits per heavy atom. The van der Waals surface area contributed by atoms with Crippen molar-refractivity contribution < 1.29 is 22.3 Å². The lowest BCUT2D eigenvalue weighted by molar-refractivity contribution is 0.102. The summed E-state index contributed by atoms with van der Waals surface area (Å²) in [5.41, 5.74) is 1.17. The van der Waals surface area contributed by atoms with Crippen molar-refractivity contribution in [3.05, 3.63) is 53.3 Å². The summed E-state index contributed by atoms with van der Waals surface area (Å²) >= 11 is 0. The van der Waals surface area contributed by atoms with Gasteiger partial charge in [-0.2, -0.15) is 4.31 Å². The predicted molar refractivity (Wildman–Crippen MR) is 102 cm³/mol. The van der Waals surface area contributed by atoms with Gasteiger partial charge in [-0.05, 0) is 48.9 Å². The Labute approximate surface area is 159 Å². The molecule has 8 heteroatoms. The predicted octanol–water partition coefficient (Wildman–Crippen LogP) is 3.43. The molecule has 2 rings (SSSR count). The fourth-order valence-corrected chi connectivity index (χ4v) is 4.32. The fourth-order valence-electron chi connectivity index (χ4n) is 2.68. The number of nitrogens with zero attached hydrogens (tertiary/aromatic N) is 1. The van der Waals surface area contributed by atoms with Gasteiger partial charge in [-0.1, -0.05) is 13.8 Å². The van der Waals surface area contributed by atoms with Crippen molar-refractivity contribution in [3.63, 3.8) is 0 Å². The van der Waals surface area contributed by atoms with Gasteiger partial charge < -0.3 is 10.1 Å². The van der Waals surface area contributed by atoms with Crippen molar-refractivity contribution in [1.82, 2.24) is 4.31 Å². The quantitative estimate of drug-likeness (QED) is 0.781. The van der Waals surface area contributed by atoms with Crippen LogP contribution in [-0.4, -0.2) is 38.8 Å². The Hall–Kier alpha value is -2.45. The monoisotopic (exact) mass is 394 g/mol. The second kappa shape index (κ2) is 8.49. The van der Waals surface area contributed by atoms with Gasteiger partial charge >= 0.3 is 0 Å². The number of carbonyl (C=O) groups excluding carboxylic acids is 1. The summed E-state index contributed by atoms with van der Waals surface area (Å²) in [6.45, 7) is 5.74. The topological polar surface area (TPSA) is 75.7 Å². The van der Waals surface area contributed by atoms with Crippen LogP contribution in [0.4, 0.5) is 10.1 Å². The zero-order valence-electron chi connectivity index (χ0n) is 15.7. The van der Waals surface area contributed by atoms with E-state index in [4.69, 9.17) is 4.74 Å². The summed E-state index contributed by atoms with van der Waals surface area (Å²) in [5.74, 6) is -0.734. The lowest BCUT2D eigenvalue weighted by Crippen LogP contribution is -2.31. The number of nitrogens with one attached hydrogen (secondary N) is 1. The summed E-state index contributed by atoms with van der Waals surface area (Å²) in [6.07, 6.45) is 0. The maximum Gasteiger partial charge on any atom is 0.255 e. The molecule has 0 saturated carbocycles. The normalized spacial score (nSPS) is 11.5. The molecule has 0 unspecified atom stereocenters. The Morgan fingerprint density at radius 1 is 1.15 bits per heavy atom. The third-order valence-electron chi connectivity index (χ3n) is 4.19. The number of halogens is 1. The van der Waals surface area contributed by atoms with Gasteiger partial charge in [0.2, 0.25) is 10.0 Å². The summed E-state index contributed by atoms with van der Waals surface area (Å²) < 4.78 is 45.4. The number of anilines is 1. The number of hydrogen-bond acceptors (Lipinski definition) is 4. The van der Waals surface area contributed by atoms with Crippen molar-refractivity contribution in [3.8, 4) is 5.75 Å². The molecule has 0 heterocycles. The van der Waals surface area contributed by atoms with Crippen LogP contribution in [0.3, 0.4) is 0 Å². The third kappa shape index (κ3) is 4.45. The van der Waals surface area contributed by atoms with Gasteiger partial charge in [0.1, 0.15) is 16.5 Å². The average Bonchev–Trinajstić information content (AvgIpc) is 2.64. The van der Waals surface area contributed by atoms with Crippen LogP contribution in [0.2, 0.25) is 0 Å². The SMILES string of the molecule is CCN(CC)S(=O)(=O)c1cc(C(=O)Nc2ccc(F)cc2C)ccc1OC. The number of ether oxygens (including phenoxy) is 1. The van der Waals surface area contributed by atoms with Gasteiger partial charge in [0.15, 0.2) is 0 Å². The molecule has 0 atom stereocenters. The third-order valence-corrected chi connectivity index (χ3v) is 6.26. The largest absolute Gasteiger partial charge is 0.495 e. The van der Waals surface area contributed by atoms with E-state index in [1.807, 2.05) is 0 Å². The first-order valence-electron chi connectivity index (χ1n) is 8.50. The van der Waals surface area contributed by atoms with Crippen LogP contribution in [0, 0.1) is 12.7 Å². The van der Waals surface area contributed by atoms with Crippen LogP contribution < -0.4 is 10.1 Å². The Morgan fingerprint density at radius 2 is 1.81 bits per heavy atom. The molecule has 6 nitrogen and oxygen atoms in total. The zero-order chi connectivity index (χ0) is 20.2. The van der Waals surface area contributed by atoms with Crippen LogP contribution in [0.25, 0.3) is 0 Å². The maximum atomic E-state index is 13.2. The number of amides is 1. The number of benzene rings is 2. The van der Waals surface area contributed by atoms with Gasteiger partial charge in [0.05, 0.1) is 7.11 Å². The van der Waals surface area contributed by atoms with Crippen LogP contribution >= 0.6 is 0 Å². The highest BCUT2D eigenvalue weighted by molar-refractivity contribution is 7.89. The molecule has 27 heavy (non-hydrogen) atoms. The molecular formula is C19H23FN2O4S. The molecule has 1 N–H and O–H groups in total. The van der Waals surface area contributed by atoms with E-state index in [-0.39, 0.29) is 16.2 Å². The minimum absolute atomic E-state index is 0.0721. The first-order chi connectivity index (χ1) is 12.7. The number of rotatable bonds is 7. The molecule has 0 aliphatic heterocycles. The molecule has 146 valence electrons. The van der Waals surface area contributed by atoms with Crippen molar-refractivity contribution in [2.45, 2.75) is 25.7 Å². The lowest BCUT2D eigenvalue weighted by Gasteiger charge is -2.20. The summed E-state index contributed by atoms with van der Waals surface area (Å²) in [5, 5.41) is 2.67. The van der Waals surface area contributed by atoms with Gasteiger partial charge in [0.25, 0.3) is 5.91 Å².